The van der Waals surface area contributed by atoms with Crippen molar-refractivity contribution in [2.24, 2.45) is 0 Å². The summed E-state index contributed by atoms with van der Waals surface area (Å²) in [5.41, 5.74) is 0.193. The molecule has 1 aromatic rings. The van der Waals surface area contributed by atoms with Gasteiger partial charge in [0.1, 0.15) is 11.9 Å². The number of nitrogens with zero attached hydrogens (tertiary/aromatic N) is 1. The summed E-state index contributed by atoms with van der Waals surface area (Å²) in [7, 11) is 0. The monoisotopic (exact) mass is 282 g/mol. The van der Waals surface area contributed by atoms with Crippen LogP contribution in [-0.4, -0.2) is 28.8 Å². The van der Waals surface area contributed by atoms with Crippen LogP contribution in [0.1, 0.15) is 12.5 Å². The molecule has 1 aromatic carbocycles. The van der Waals surface area contributed by atoms with E-state index >= 15 is 0 Å². The van der Waals surface area contributed by atoms with Gasteiger partial charge in [0.2, 0.25) is 5.91 Å². The molecule has 0 radical (unpaired) electrons. The van der Waals surface area contributed by atoms with Crippen molar-refractivity contribution in [3.05, 3.63) is 29.6 Å². The van der Waals surface area contributed by atoms with Crippen LogP contribution in [0.4, 0.5) is 4.39 Å². The summed E-state index contributed by atoms with van der Waals surface area (Å²) in [4.78, 5) is 21.9. The van der Waals surface area contributed by atoms with E-state index in [1.165, 1.54) is 19.1 Å². The van der Waals surface area contributed by atoms with Gasteiger partial charge in [0.15, 0.2) is 0 Å². The summed E-state index contributed by atoms with van der Waals surface area (Å²) in [5.74, 6) is -2.24. The van der Waals surface area contributed by atoms with E-state index in [1.807, 2.05) is 0 Å². The molecule has 2 N–H and O–H groups in total. The fourth-order valence-corrected chi connectivity index (χ4v) is 2.21. The number of benzene rings is 1. The van der Waals surface area contributed by atoms with Gasteiger partial charge in [-0.1, -0.05) is 0 Å². The van der Waals surface area contributed by atoms with E-state index in [4.69, 9.17) is 10.4 Å². The first kappa shape index (κ1) is 15.0. The van der Waals surface area contributed by atoms with Crippen LogP contribution in [0.5, 0.6) is 0 Å². The zero-order chi connectivity index (χ0) is 14.4. The number of hydrogen-bond acceptors (Lipinski definition) is 4. The maximum Gasteiger partial charge on any atom is 0.327 e. The fourth-order valence-electron chi connectivity index (χ4n) is 1.28. The normalized spacial score (nSPS) is 11.4. The Hall–Kier alpha value is -2.07. The number of aliphatic carboxylic acids is 1. The average molecular weight is 282 g/mol. The summed E-state index contributed by atoms with van der Waals surface area (Å²) in [5, 5.41) is 19.7. The molecule has 0 aliphatic heterocycles. The van der Waals surface area contributed by atoms with Crippen molar-refractivity contribution in [2.75, 3.05) is 5.75 Å². The highest BCUT2D eigenvalue weighted by Crippen LogP contribution is 2.23. The number of nitrogens with one attached hydrogen (secondary N) is 1. The van der Waals surface area contributed by atoms with E-state index in [2.05, 4.69) is 5.32 Å². The first-order valence-electron chi connectivity index (χ1n) is 5.26. The van der Waals surface area contributed by atoms with Crippen LogP contribution in [0.3, 0.4) is 0 Å². The number of thioether (sulfide) groups is 1. The van der Waals surface area contributed by atoms with Crippen LogP contribution >= 0.6 is 11.8 Å². The van der Waals surface area contributed by atoms with Crippen molar-refractivity contribution in [1.82, 2.24) is 5.32 Å². The van der Waals surface area contributed by atoms with Gasteiger partial charge < -0.3 is 10.4 Å². The number of halogens is 1. The third-order valence-corrected chi connectivity index (χ3v) is 3.28. The quantitative estimate of drug-likeness (QED) is 0.796. The van der Waals surface area contributed by atoms with Crippen molar-refractivity contribution in [1.29, 1.82) is 5.26 Å². The molecule has 5 nitrogen and oxygen atoms in total. The fraction of sp³-hybridized carbons (Fsp3) is 0.250. The molecule has 1 atom stereocenters. The summed E-state index contributed by atoms with van der Waals surface area (Å²) in [6.07, 6.45) is 0. The number of carboxylic acids is 1. The van der Waals surface area contributed by atoms with Crippen molar-refractivity contribution in [3.8, 4) is 6.07 Å². The second-order valence-electron chi connectivity index (χ2n) is 3.66. The molecule has 0 spiro atoms. The van der Waals surface area contributed by atoms with Crippen molar-refractivity contribution in [3.63, 3.8) is 0 Å². The number of hydrogen-bond donors (Lipinski definition) is 2. The van der Waals surface area contributed by atoms with Crippen LogP contribution in [0.25, 0.3) is 0 Å². The number of amides is 1. The first-order chi connectivity index (χ1) is 8.93. The Morgan fingerprint density at radius 1 is 1.58 bits per heavy atom. The second-order valence-corrected chi connectivity index (χ2v) is 4.72. The van der Waals surface area contributed by atoms with Crippen LogP contribution in [-0.2, 0) is 9.59 Å². The van der Waals surface area contributed by atoms with Crippen molar-refractivity contribution < 1.29 is 19.1 Å². The molecule has 0 bridgehead atoms. The summed E-state index contributed by atoms with van der Waals surface area (Å²) >= 11 is 0.965. The van der Waals surface area contributed by atoms with Gasteiger partial charge in [0.25, 0.3) is 0 Å². The highest BCUT2D eigenvalue weighted by molar-refractivity contribution is 7.99. The lowest BCUT2D eigenvalue weighted by Gasteiger charge is -2.12. The number of carboxylic acid groups (broad SMARTS) is 1. The topological polar surface area (TPSA) is 90.2 Å². The third kappa shape index (κ3) is 4.60. The molecular formula is C12H11FN2O3S. The molecule has 0 aliphatic carbocycles. The Morgan fingerprint density at radius 3 is 2.74 bits per heavy atom. The molecule has 1 rings (SSSR count). The molecule has 0 fully saturated rings. The average Bonchev–Trinajstić information content (AvgIpc) is 2.34. The smallest absolute Gasteiger partial charge is 0.327 e. The lowest BCUT2D eigenvalue weighted by molar-refractivity contribution is -0.140. The van der Waals surface area contributed by atoms with Gasteiger partial charge in [-0.2, -0.15) is 5.26 Å². The summed E-state index contributed by atoms with van der Waals surface area (Å²) in [6, 6.07) is 4.65. The first-order valence-corrected chi connectivity index (χ1v) is 6.25. The largest absolute Gasteiger partial charge is 0.480 e. The van der Waals surface area contributed by atoms with Gasteiger partial charge in [0, 0.05) is 17.6 Å². The van der Waals surface area contributed by atoms with Crippen molar-refractivity contribution >= 4 is 23.6 Å². The summed E-state index contributed by atoms with van der Waals surface area (Å²) in [6.45, 7) is 1.21. The molecule has 19 heavy (non-hydrogen) atoms. The SMILES string of the molecule is CC(=O)N[C@@H](CSc1ccc(C#N)cc1F)C(=O)O. The number of nitriles is 1. The predicted molar refractivity (Wildman–Crippen MR) is 67.1 cm³/mol. The molecule has 0 aromatic heterocycles. The van der Waals surface area contributed by atoms with Crippen LogP contribution in [0.15, 0.2) is 23.1 Å². The molecule has 0 saturated carbocycles. The van der Waals surface area contributed by atoms with Gasteiger partial charge in [-0.05, 0) is 18.2 Å². The maximum atomic E-state index is 13.5. The van der Waals surface area contributed by atoms with E-state index in [9.17, 15) is 14.0 Å². The minimum atomic E-state index is -1.18. The second kappa shape index (κ2) is 6.75. The maximum absolute atomic E-state index is 13.5. The predicted octanol–water partition coefficient (Wildman–Crippen LogP) is 1.38. The minimum absolute atomic E-state index is 0.00225. The molecule has 100 valence electrons. The number of carbonyl (C=O) groups excluding carboxylic acids is 1. The van der Waals surface area contributed by atoms with Gasteiger partial charge in [-0.3, -0.25) is 4.79 Å². The standard InChI is InChI=1S/C12H11FN2O3S/c1-7(16)15-10(12(17)18)6-19-11-3-2-8(5-14)4-9(11)13/h2-4,10H,6H2,1H3,(H,15,16)(H,17,18)/t10-/m0/s1. The van der Waals surface area contributed by atoms with E-state index < -0.39 is 23.7 Å². The zero-order valence-electron chi connectivity index (χ0n) is 10.0. The molecule has 0 heterocycles. The Labute approximate surface area is 113 Å². The van der Waals surface area contributed by atoms with Gasteiger partial charge in [-0.25, -0.2) is 9.18 Å². The van der Waals surface area contributed by atoms with Crippen LogP contribution in [0.2, 0.25) is 0 Å². The van der Waals surface area contributed by atoms with Gasteiger partial charge >= 0.3 is 5.97 Å². The minimum Gasteiger partial charge on any atom is -0.480 e. The van der Waals surface area contributed by atoms with Crippen molar-refractivity contribution in [2.45, 2.75) is 17.9 Å². The highest BCUT2D eigenvalue weighted by Gasteiger charge is 2.19. The molecule has 7 heteroatoms. The Morgan fingerprint density at radius 2 is 2.26 bits per heavy atom. The molecule has 1 amide bonds. The number of rotatable bonds is 5. The third-order valence-electron chi connectivity index (χ3n) is 2.14. The van der Waals surface area contributed by atoms with Gasteiger partial charge in [-0.15, -0.1) is 11.8 Å². The lowest BCUT2D eigenvalue weighted by atomic mass is 10.2. The lowest BCUT2D eigenvalue weighted by Crippen LogP contribution is -2.41. The molecular weight excluding hydrogens is 271 g/mol. The molecule has 0 unspecified atom stereocenters. The Balaban J connectivity index is 2.72. The van der Waals surface area contributed by atoms with Gasteiger partial charge in [0.05, 0.1) is 11.6 Å². The molecule has 0 saturated heterocycles. The zero-order valence-corrected chi connectivity index (χ0v) is 10.8. The van der Waals surface area contributed by atoms with E-state index in [-0.39, 0.29) is 16.2 Å². The Kier molecular flexibility index (Phi) is 5.33. The van der Waals surface area contributed by atoms with E-state index in [0.717, 1.165) is 17.8 Å². The number of carbonyl (C=O) groups is 2. The van der Waals surface area contributed by atoms with E-state index in [1.54, 1.807) is 6.07 Å². The van der Waals surface area contributed by atoms with Crippen LogP contribution < -0.4 is 5.32 Å². The summed E-state index contributed by atoms with van der Waals surface area (Å²) < 4.78 is 13.5. The molecule has 0 aliphatic rings. The Bertz CT molecular complexity index is 542. The van der Waals surface area contributed by atoms with Crippen LogP contribution in [0, 0.1) is 17.1 Å². The van der Waals surface area contributed by atoms with E-state index in [0.29, 0.717) is 0 Å². The highest BCUT2D eigenvalue weighted by atomic mass is 32.2.